The molecule has 0 unspecified atom stereocenters. The van der Waals surface area contributed by atoms with Crippen molar-refractivity contribution in [2.45, 2.75) is 6.92 Å². The van der Waals surface area contributed by atoms with E-state index >= 15 is 0 Å². The Labute approximate surface area is 126 Å². The zero-order chi connectivity index (χ0) is 15.0. The molecule has 0 amide bonds. The lowest BCUT2D eigenvalue weighted by atomic mass is 10.1. The van der Waals surface area contributed by atoms with Crippen LogP contribution in [-0.4, -0.2) is 17.1 Å². The van der Waals surface area contributed by atoms with E-state index in [0.29, 0.717) is 33.1 Å². The van der Waals surface area contributed by atoms with Crippen LogP contribution in [0.15, 0.2) is 41.2 Å². The number of hydrogen-bond donors (Lipinski definition) is 1. The number of nitrogens with zero attached hydrogens (tertiary/aromatic N) is 1. The minimum absolute atomic E-state index is 0.186. The first kappa shape index (κ1) is 13.6. The van der Waals surface area contributed by atoms with E-state index in [0.717, 1.165) is 5.56 Å². The fourth-order valence-corrected chi connectivity index (χ4v) is 2.39. The summed E-state index contributed by atoms with van der Waals surface area (Å²) in [6.45, 7) is 1.89. The number of fused-ring (bicyclic) bond motifs is 1. The van der Waals surface area contributed by atoms with Crippen molar-refractivity contribution in [3.8, 4) is 17.1 Å². The molecule has 0 saturated carbocycles. The van der Waals surface area contributed by atoms with E-state index in [4.69, 9.17) is 16.3 Å². The van der Waals surface area contributed by atoms with Crippen LogP contribution >= 0.6 is 11.6 Å². The molecule has 3 aromatic rings. The topological polar surface area (TPSA) is 55.0 Å². The van der Waals surface area contributed by atoms with Crippen molar-refractivity contribution in [3.05, 3.63) is 57.3 Å². The normalized spacial score (nSPS) is 10.8. The van der Waals surface area contributed by atoms with Crippen LogP contribution in [0.5, 0.6) is 5.75 Å². The number of benzene rings is 2. The number of ether oxygens (including phenoxy) is 1. The maximum absolute atomic E-state index is 12.2. The minimum atomic E-state index is -0.186. The van der Waals surface area contributed by atoms with Crippen LogP contribution < -0.4 is 10.3 Å². The third kappa shape index (κ3) is 2.38. The molecule has 4 nitrogen and oxygen atoms in total. The number of aryl methyl sites for hydroxylation is 1. The summed E-state index contributed by atoms with van der Waals surface area (Å²) in [6.07, 6.45) is 0. The average Bonchev–Trinajstić information content (AvgIpc) is 2.49. The molecule has 5 heteroatoms. The monoisotopic (exact) mass is 300 g/mol. The van der Waals surface area contributed by atoms with Crippen molar-refractivity contribution in [1.82, 2.24) is 9.97 Å². The number of rotatable bonds is 2. The van der Waals surface area contributed by atoms with Crippen molar-refractivity contribution >= 4 is 22.5 Å². The summed E-state index contributed by atoms with van der Waals surface area (Å²) in [4.78, 5) is 19.4. The molecule has 1 N–H and O–H groups in total. The molecule has 0 saturated heterocycles. The van der Waals surface area contributed by atoms with Gasteiger partial charge in [0, 0.05) is 5.02 Å². The number of aromatic nitrogens is 2. The smallest absolute Gasteiger partial charge is 0.259 e. The summed E-state index contributed by atoms with van der Waals surface area (Å²) >= 11 is 6.18. The molecule has 0 atom stereocenters. The number of nitrogens with one attached hydrogen (secondary N) is 1. The highest BCUT2D eigenvalue weighted by Crippen LogP contribution is 2.32. The fraction of sp³-hybridized carbons (Fsp3) is 0.125. The first-order chi connectivity index (χ1) is 10.1. The zero-order valence-electron chi connectivity index (χ0n) is 11.6. The van der Waals surface area contributed by atoms with Gasteiger partial charge in [-0.25, -0.2) is 4.98 Å². The Morgan fingerprint density at radius 1 is 1.24 bits per heavy atom. The van der Waals surface area contributed by atoms with E-state index in [1.807, 2.05) is 25.1 Å². The standard InChI is InChI=1S/C16H13ClN2O2/c1-9-7-14(21-2)11(8-12(9)17)15-18-13-6-4-3-5-10(13)16(20)19-15/h3-8H,1-2H3,(H,18,19,20). The molecule has 0 bridgehead atoms. The van der Waals surface area contributed by atoms with E-state index in [1.54, 1.807) is 25.3 Å². The molecule has 0 aliphatic carbocycles. The minimum Gasteiger partial charge on any atom is -0.496 e. The van der Waals surface area contributed by atoms with Gasteiger partial charge in [-0.2, -0.15) is 0 Å². The van der Waals surface area contributed by atoms with Crippen molar-refractivity contribution < 1.29 is 4.74 Å². The summed E-state index contributed by atoms with van der Waals surface area (Å²) in [6, 6.07) is 10.8. The highest BCUT2D eigenvalue weighted by molar-refractivity contribution is 6.31. The Hall–Kier alpha value is -2.33. The average molecular weight is 301 g/mol. The van der Waals surface area contributed by atoms with Crippen molar-refractivity contribution in [2.24, 2.45) is 0 Å². The second-order valence-corrected chi connectivity index (χ2v) is 5.14. The highest BCUT2D eigenvalue weighted by Gasteiger charge is 2.13. The molecular formula is C16H13ClN2O2. The number of para-hydroxylation sites is 1. The Morgan fingerprint density at radius 2 is 2.00 bits per heavy atom. The molecule has 0 aliphatic rings. The Balaban J connectivity index is 2.30. The van der Waals surface area contributed by atoms with Crippen LogP contribution in [0.25, 0.3) is 22.3 Å². The van der Waals surface area contributed by atoms with E-state index in [9.17, 15) is 4.79 Å². The Bertz CT molecular complexity index is 887. The third-order valence-corrected chi connectivity index (χ3v) is 3.76. The number of H-pyrrole nitrogens is 1. The second kappa shape index (κ2) is 5.22. The molecule has 3 rings (SSSR count). The van der Waals surface area contributed by atoms with Gasteiger partial charge in [0.15, 0.2) is 0 Å². The summed E-state index contributed by atoms with van der Waals surface area (Å²) in [5, 5.41) is 1.15. The van der Waals surface area contributed by atoms with Gasteiger partial charge >= 0.3 is 0 Å². The van der Waals surface area contributed by atoms with Gasteiger partial charge in [-0.05, 0) is 36.8 Å². The lowest BCUT2D eigenvalue weighted by molar-refractivity contribution is 0.416. The second-order valence-electron chi connectivity index (χ2n) is 4.73. The van der Waals surface area contributed by atoms with Crippen LogP contribution in [0.1, 0.15) is 5.56 Å². The largest absolute Gasteiger partial charge is 0.496 e. The van der Waals surface area contributed by atoms with Gasteiger partial charge in [0.1, 0.15) is 11.6 Å². The maximum atomic E-state index is 12.2. The predicted molar refractivity (Wildman–Crippen MR) is 84.1 cm³/mol. The van der Waals surface area contributed by atoms with Gasteiger partial charge in [0.25, 0.3) is 5.56 Å². The summed E-state index contributed by atoms with van der Waals surface area (Å²) < 4.78 is 5.37. The number of halogens is 1. The lowest BCUT2D eigenvalue weighted by Gasteiger charge is -2.10. The van der Waals surface area contributed by atoms with Crippen LogP contribution in [0.3, 0.4) is 0 Å². The number of methoxy groups -OCH3 is 1. The van der Waals surface area contributed by atoms with Gasteiger partial charge < -0.3 is 9.72 Å². The number of hydrogen-bond acceptors (Lipinski definition) is 3. The lowest BCUT2D eigenvalue weighted by Crippen LogP contribution is -2.09. The summed E-state index contributed by atoms with van der Waals surface area (Å²) in [5.74, 6) is 1.06. The van der Waals surface area contributed by atoms with E-state index in [2.05, 4.69) is 9.97 Å². The zero-order valence-corrected chi connectivity index (χ0v) is 12.4. The predicted octanol–water partition coefficient (Wildman–Crippen LogP) is 3.56. The molecule has 0 aliphatic heterocycles. The third-order valence-electron chi connectivity index (χ3n) is 3.35. The fourth-order valence-electron chi connectivity index (χ4n) is 2.22. The van der Waals surface area contributed by atoms with Crippen molar-refractivity contribution in [1.29, 1.82) is 0 Å². The Kier molecular flexibility index (Phi) is 3.39. The van der Waals surface area contributed by atoms with Crippen molar-refractivity contribution in [3.63, 3.8) is 0 Å². The van der Waals surface area contributed by atoms with Crippen LogP contribution in [-0.2, 0) is 0 Å². The van der Waals surface area contributed by atoms with E-state index in [1.165, 1.54) is 0 Å². The maximum Gasteiger partial charge on any atom is 0.259 e. The van der Waals surface area contributed by atoms with Gasteiger partial charge in [0.05, 0.1) is 23.6 Å². The molecule has 1 aromatic heterocycles. The SMILES string of the molecule is COc1cc(C)c(Cl)cc1-c1nc2ccccc2c(=O)[nH]1. The molecule has 21 heavy (non-hydrogen) atoms. The molecule has 0 fully saturated rings. The van der Waals surface area contributed by atoms with Gasteiger partial charge in [-0.3, -0.25) is 4.79 Å². The molecular weight excluding hydrogens is 288 g/mol. The molecule has 0 spiro atoms. The first-order valence-corrected chi connectivity index (χ1v) is 6.81. The molecule has 1 heterocycles. The molecule has 0 radical (unpaired) electrons. The molecule has 2 aromatic carbocycles. The number of aromatic amines is 1. The highest BCUT2D eigenvalue weighted by atomic mass is 35.5. The van der Waals surface area contributed by atoms with Gasteiger partial charge in [-0.15, -0.1) is 0 Å². The molecule has 106 valence electrons. The summed E-state index contributed by atoms with van der Waals surface area (Å²) in [7, 11) is 1.57. The van der Waals surface area contributed by atoms with E-state index in [-0.39, 0.29) is 5.56 Å². The van der Waals surface area contributed by atoms with Crippen molar-refractivity contribution in [2.75, 3.05) is 7.11 Å². The van der Waals surface area contributed by atoms with E-state index < -0.39 is 0 Å². The van der Waals surface area contributed by atoms with Crippen LogP contribution in [0, 0.1) is 6.92 Å². The first-order valence-electron chi connectivity index (χ1n) is 6.43. The van der Waals surface area contributed by atoms with Crippen LogP contribution in [0.4, 0.5) is 0 Å². The Morgan fingerprint density at radius 3 is 2.76 bits per heavy atom. The van der Waals surface area contributed by atoms with Crippen LogP contribution in [0.2, 0.25) is 5.02 Å². The summed E-state index contributed by atoms with van der Waals surface area (Å²) in [5.41, 5.74) is 2.01. The quantitative estimate of drug-likeness (QED) is 0.787. The van der Waals surface area contributed by atoms with Gasteiger partial charge in [-0.1, -0.05) is 23.7 Å². The van der Waals surface area contributed by atoms with Gasteiger partial charge in [0.2, 0.25) is 0 Å².